The van der Waals surface area contributed by atoms with Gasteiger partial charge in [0.2, 0.25) is 5.91 Å². The monoisotopic (exact) mass is 389 g/mol. The van der Waals surface area contributed by atoms with Gasteiger partial charge >= 0.3 is 0 Å². The molecular weight excluding hydrogens is 369 g/mol. The maximum absolute atomic E-state index is 13.1. The van der Waals surface area contributed by atoms with E-state index in [4.69, 9.17) is 0 Å². The van der Waals surface area contributed by atoms with Gasteiger partial charge < -0.3 is 4.90 Å². The van der Waals surface area contributed by atoms with Crippen LogP contribution in [0.1, 0.15) is 24.3 Å². The predicted molar refractivity (Wildman–Crippen MR) is 96.6 cm³/mol. The maximum atomic E-state index is 13.1. The molecule has 5 rings (SSSR count). The molecule has 2 fully saturated rings. The third kappa shape index (κ3) is 2.46. The first-order valence-electron chi connectivity index (χ1n) is 9.14. The summed E-state index contributed by atoms with van der Waals surface area (Å²) in [5, 5.41) is 3.58. The fourth-order valence-electron chi connectivity index (χ4n) is 4.59. The van der Waals surface area contributed by atoms with Crippen molar-refractivity contribution in [3.05, 3.63) is 36.2 Å². The first-order chi connectivity index (χ1) is 12.8. The summed E-state index contributed by atoms with van der Waals surface area (Å²) in [5.41, 5.74) is 2.63. The number of amides is 1. The van der Waals surface area contributed by atoms with Crippen LogP contribution in [-0.2, 0) is 21.7 Å². The van der Waals surface area contributed by atoms with E-state index < -0.39 is 21.3 Å². The highest BCUT2D eigenvalue weighted by atomic mass is 32.2. The Hall–Kier alpha value is -2.22. The number of likely N-dealkylation sites (tertiary alicyclic amines) is 1. The summed E-state index contributed by atoms with van der Waals surface area (Å²) in [6.07, 6.45) is 3.26. The predicted octanol–water partition coefficient (Wildman–Crippen LogP) is 1.92. The number of carbonyl (C=O) groups is 1. The largest absolute Gasteiger partial charge is 0.340 e. The van der Waals surface area contributed by atoms with Gasteiger partial charge in [-0.15, -0.1) is 0 Å². The number of carbonyl (C=O) groups excluding carboxylic acids is 1. The Labute approximate surface area is 156 Å². The van der Waals surface area contributed by atoms with Gasteiger partial charge in [-0.1, -0.05) is 6.07 Å². The molecule has 0 radical (unpaired) electrons. The van der Waals surface area contributed by atoms with Crippen LogP contribution in [0.25, 0.3) is 11.1 Å². The SMILES string of the molecule is Cn1cc(-c2ccc3c(c2)[C@@H]2CN(C(=O)C4CC(F)C4)C[C@@H]2S3(=O)=O)cn1. The molecule has 1 saturated carbocycles. The lowest BCUT2D eigenvalue weighted by Gasteiger charge is -2.32. The van der Waals surface area contributed by atoms with Crippen molar-refractivity contribution in [2.45, 2.75) is 35.1 Å². The number of aromatic nitrogens is 2. The number of rotatable bonds is 2. The molecule has 0 bridgehead atoms. The highest BCUT2D eigenvalue weighted by Gasteiger charge is 2.52. The van der Waals surface area contributed by atoms with E-state index in [2.05, 4.69) is 5.10 Å². The van der Waals surface area contributed by atoms with Crippen molar-refractivity contribution in [1.82, 2.24) is 14.7 Å². The summed E-state index contributed by atoms with van der Waals surface area (Å²) >= 11 is 0. The van der Waals surface area contributed by atoms with Gasteiger partial charge in [-0.25, -0.2) is 12.8 Å². The van der Waals surface area contributed by atoms with Crippen LogP contribution in [0.3, 0.4) is 0 Å². The van der Waals surface area contributed by atoms with Crippen molar-refractivity contribution >= 4 is 15.7 Å². The molecule has 2 atom stereocenters. The quantitative estimate of drug-likeness (QED) is 0.787. The topological polar surface area (TPSA) is 72.3 Å². The summed E-state index contributed by atoms with van der Waals surface area (Å²) in [4.78, 5) is 14.6. The van der Waals surface area contributed by atoms with Gasteiger partial charge in [-0.05, 0) is 36.1 Å². The fourth-order valence-corrected chi connectivity index (χ4v) is 6.75. The van der Waals surface area contributed by atoms with Crippen LogP contribution in [-0.4, -0.2) is 53.5 Å². The Bertz CT molecular complexity index is 1040. The average molecular weight is 389 g/mol. The third-order valence-electron chi connectivity index (χ3n) is 6.16. The van der Waals surface area contributed by atoms with Crippen LogP contribution in [0.4, 0.5) is 4.39 Å². The molecule has 1 saturated heterocycles. The lowest BCUT2D eigenvalue weighted by molar-refractivity contribution is -0.139. The summed E-state index contributed by atoms with van der Waals surface area (Å²) in [7, 11) is -1.62. The van der Waals surface area contributed by atoms with Gasteiger partial charge in [0.05, 0.1) is 16.3 Å². The molecule has 1 aliphatic carbocycles. The molecule has 2 aromatic rings. The van der Waals surface area contributed by atoms with Crippen LogP contribution < -0.4 is 0 Å². The van der Waals surface area contributed by atoms with Gasteiger partial charge in [0.15, 0.2) is 9.84 Å². The van der Waals surface area contributed by atoms with E-state index in [9.17, 15) is 17.6 Å². The third-order valence-corrected chi connectivity index (χ3v) is 8.42. The Morgan fingerprint density at radius 1 is 1.22 bits per heavy atom. The molecule has 1 amide bonds. The van der Waals surface area contributed by atoms with Crippen LogP contribution in [0.5, 0.6) is 0 Å². The van der Waals surface area contributed by atoms with Crippen molar-refractivity contribution < 1.29 is 17.6 Å². The molecule has 0 N–H and O–H groups in total. The van der Waals surface area contributed by atoms with E-state index in [1.54, 1.807) is 21.8 Å². The second kappa shape index (κ2) is 5.64. The lowest BCUT2D eigenvalue weighted by Crippen LogP contribution is -2.42. The zero-order valence-corrected chi connectivity index (χ0v) is 15.7. The fraction of sp³-hybridized carbons (Fsp3) is 0.474. The molecule has 0 spiro atoms. The molecular formula is C19H20FN3O3S. The molecule has 6 nitrogen and oxygen atoms in total. The van der Waals surface area contributed by atoms with Gasteiger partial charge in [0.1, 0.15) is 6.17 Å². The van der Waals surface area contributed by atoms with Crippen molar-refractivity contribution in [1.29, 1.82) is 0 Å². The highest BCUT2D eigenvalue weighted by molar-refractivity contribution is 7.92. The molecule has 142 valence electrons. The average Bonchev–Trinajstić information content (AvgIpc) is 3.28. The van der Waals surface area contributed by atoms with Gasteiger partial charge in [0, 0.05) is 43.7 Å². The number of halogens is 1. The number of alkyl halides is 1. The summed E-state index contributed by atoms with van der Waals surface area (Å²) in [5.74, 6) is -0.604. The molecule has 3 heterocycles. The van der Waals surface area contributed by atoms with Crippen LogP contribution in [0, 0.1) is 5.92 Å². The molecule has 8 heteroatoms. The van der Waals surface area contributed by atoms with E-state index in [0.29, 0.717) is 11.4 Å². The van der Waals surface area contributed by atoms with E-state index >= 15 is 0 Å². The molecule has 1 aromatic heterocycles. The van der Waals surface area contributed by atoms with E-state index in [0.717, 1.165) is 16.7 Å². The molecule has 3 aliphatic rings. The van der Waals surface area contributed by atoms with Gasteiger partial charge in [0.25, 0.3) is 0 Å². The second-order valence-electron chi connectivity index (χ2n) is 7.85. The molecule has 1 aromatic carbocycles. The summed E-state index contributed by atoms with van der Waals surface area (Å²) in [6.45, 7) is 0.593. The Morgan fingerprint density at radius 2 is 2.00 bits per heavy atom. The smallest absolute Gasteiger partial charge is 0.225 e. The van der Waals surface area contributed by atoms with Crippen LogP contribution in [0.2, 0.25) is 0 Å². The number of hydrogen-bond donors (Lipinski definition) is 0. The normalized spacial score (nSPS) is 30.7. The Kier molecular flexibility index (Phi) is 3.53. The van der Waals surface area contributed by atoms with E-state index in [1.165, 1.54) is 0 Å². The van der Waals surface area contributed by atoms with Crippen molar-refractivity contribution in [3.8, 4) is 11.1 Å². The standard InChI is InChI=1S/C19H20FN3O3S/c1-22-8-13(7-21-22)11-2-3-17-15(6-11)16-9-23(10-18(16)27(17,25)26)19(24)12-4-14(20)5-12/h2-3,6-8,12,14,16,18H,4-5,9-10H2,1H3/t12?,14?,16-,18-/m0/s1. The van der Waals surface area contributed by atoms with Gasteiger partial charge in [-0.3, -0.25) is 9.48 Å². The number of nitrogens with zero attached hydrogens (tertiary/aromatic N) is 3. The second-order valence-corrected chi connectivity index (χ2v) is 9.99. The Morgan fingerprint density at radius 3 is 2.67 bits per heavy atom. The number of aryl methyl sites for hydroxylation is 1. The first-order valence-corrected chi connectivity index (χ1v) is 10.7. The van der Waals surface area contributed by atoms with E-state index in [-0.39, 0.29) is 37.1 Å². The molecule has 2 aliphatic heterocycles. The molecule has 27 heavy (non-hydrogen) atoms. The van der Waals surface area contributed by atoms with Crippen molar-refractivity contribution in [2.24, 2.45) is 13.0 Å². The maximum Gasteiger partial charge on any atom is 0.225 e. The van der Waals surface area contributed by atoms with E-state index in [1.807, 2.05) is 25.4 Å². The summed E-state index contributed by atoms with van der Waals surface area (Å²) in [6, 6.07) is 5.41. The summed E-state index contributed by atoms with van der Waals surface area (Å²) < 4.78 is 40.8. The molecule has 0 unspecified atom stereocenters. The number of fused-ring (bicyclic) bond motifs is 3. The Balaban J connectivity index is 1.48. The van der Waals surface area contributed by atoms with Crippen LogP contribution in [0.15, 0.2) is 35.5 Å². The highest BCUT2D eigenvalue weighted by Crippen LogP contribution is 2.47. The minimum Gasteiger partial charge on any atom is -0.340 e. The van der Waals surface area contributed by atoms with Crippen LogP contribution >= 0.6 is 0 Å². The minimum absolute atomic E-state index is 0.0986. The zero-order valence-electron chi connectivity index (χ0n) is 14.9. The minimum atomic E-state index is -3.46. The lowest BCUT2D eigenvalue weighted by atomic mass is 9.82. The zero-order chi connectivity index (χ0) is 18.9. The number of sulfone groups is 1. The number of hydrogen-bond acceptors (Lipinski definition) is 4. The first kappa shape index (κ1) is 16.9. The van der Waals surface area contributed by atoms with Gasteiger partial charge in [-0.2, -0.15) is 5.10 Å². The van der Waals surface area contributed by atoms with Crippen molar-refractivity contribution in [2.75, 3.05) is 13.1 Å². The number of benzene rings is 1. The van der Waals surface area contributed by atoms with Crippen molar-refractivity contribution in [3.63, 3.8) is 0 Å².